The predicted molar refractivity (Wildman–Crippen MR) is 75.8 cm³/mol. The molecule has 19 heavy (non-hydrogen) atoms. The summed E-state index contributed by atoms with van der Waals surface area (Å²) in [5.74, 6) is 2.73. The number of halogens is 1. The first-order valence-electron chi connectivity index (χ1n) is 7.09. The van der Waals surface area contributed by atoms with E-state index in [1.807, 2.05) is 6.92 Å². The lowest BCUT2D eigenvalue weighted by atomic mass is 9.99. The van der Waals surface area contributed by atoms with Crippen LogP contribution in [0.3, 0.4) is 0 Å². The Kier molecular flexibility index (Phi) is 3.63. The average molecular weight is 282 g/mol. The van der Waals surface area contributed by atoms with E-state index in [0.717, 1.165) is 43.1 Å². The maximum atomic E-state index is 9.35. The van der Waals surface area contributed by atoms with E-state index < -0.39 is 0 Å². The van der Waals surface area contributed by atoms with Gasteiger partial charge in [0.15, 0.2) is 0 Å². The second kappa shape index (κ2) is 5.25. The van der Waals surface area contributed by atoms with Gasteiger partial charge in [-0.25, -0.2) is 9.97 Å². The molecule has 1 aromatic heterocycles. The molecule has 0 bridgehead atoms. The topological polar surface area (TPSA) is 49.2 Å². The van der Waals surface area contributed by atoms with Gasteiger partial charge in [-0.1, -0.05) is 11.6 Å². The van der Waals surface area contributed by atoms with Gasteiger partial charge < -0.3 is 10.0 Å². The maximum Gasteiger partial charge on any atom is 0.137 e. The van der Waals surface area contributed by atoms with Gasteiger partial charge in [-0.05, 0) is 38.5 Å². The highest BCUT2D eigenvalue weighted by Crippen LogP contribution is 2.40. The zero-order valence-corrected chi connectivity index (χ0v) is 12.0. The molecule has 1 saturated carbocycles. The maximum absolute atomic E-state index is 9.35. The predicted octanol–water partition coefficient (Wildman–Crippen LogP) is 2.52. The van der Waals surface area contributed by atoms with Gasteiger partial charge in [0.25, 0.3) is 0 Å². The Morgan fingerprint density at radius 2 is 2.11 bits per heavy atom. The van der Waals surface area contributed by atoms with Gasteiger partial charge in [-0.2, -0.15) is 0 Å². The van der Waals surface area contributed by atoms with Crippen LogP contribution in [0.5, 0.6) is 0 Å². The number of hydrogen-bond acceptors (Lipinski definition) is 4. The van der Waals surface area contributed by atoms with Crippen molar-refractivity contribution in [2.45, 2.75) is 38.5 Å². The van der Waals surface area contributed by atoms with Crippen molar-refractivity contribution in [1.82, 2.24) is 9.97 Å². The zero-order chi connectivity index (χ0) is 13.4. The van der Waals surface area contributed by atoms with Gasteiger partial charge in [0.1, 0.15) is 16.8 Å². The number of aromatic nitrogens is 2. The molecule has 5 heteroatoms. The SMILES string of the molecule is Cc1c(Cl)nc(C2CC2)nc1N1CCCC(CO)C1. The summed E-state index contributed by atoms with van der Waals surface area (Å²) >= 11 is 6.25. The molecule has 1 aliphatic carbocycles. The van der Waals surface area contributed by atoms with Crippen LogP contribution in [0.4, 0.5) is 5.82 Å². The summed E-state index contributed by atoms with van der Waals surface area (Å²) in [5, 5.41) is 9.93. The minimum Gasteiger partial charge on any atom is -0.396 e. The van der Waals surface area contributed by atoms with Crippen LogP contribution in [0, 0.1) is 12.8 Å². The Bertz CT molecular complexity index is 476. The van der Waals surface area contributed by atoms with E-state index in [-0.39, 0.29) is 6.61 Å². The summed E-state index contributed by atoms with van der Waals surface area (Å²) in [4.78, 5) is 11.4. The summed E-state index contributed by atoms with van der Waals surface area (Å²) in [5.41, 5.74) is 0.963. The minimum absolute atomic E-state index is 0.254. The van der Waals surface area contributed by atoms with E-state index in [4.69, 9.17) is 16.6 Å². The Hall–Kier alpha value is -0.870. The molecule has 1 unspecified atom stereocenters. The number of piperidine rings is 1. The number of aliphatic hydroxyl groups is 1. The van der Waals surface area contributed by atoms with Gasteiger partial charge in [0.2, 0.25) is 0 Å². The first-order valence-corrected chi connectivity index (χ1v) is 7.46. The Morgan fingerprint density at radius 3 is 2.79 bits per heavy atom. The number of anilines is 1. The second-order valence-electron chi connectivity index (χ2n) is 5.73. The molecule has 4 nitrogen and oxygen atoms in total. The van der Waals surface area contributed by atoms with Gasteiger partial charge in [-0.3, -0.25) is 0 Å². The number of hydrogen-bond donors (Lipinski definition) is 1. The molecule has 2 aliphatic rings. The number of rotatable bonds is 3. The highest BCUT2D eigenvalue weighted by Gasteiger charge is 2.30. The molecule has 1 aliphatic heterocycles. The van der Waals surface area contributed by atoms with Crippen LogP contribution in [0.1, 0.15) is 43.0 Å². The molecule has 104 valence electrons. The lowest BCUT2D eigenvalue weighted by Crippen LogP contribution is -2.38. The van der Waals surface area contributed by atoms with Gasteiger partial charge in [0, 0.05) is 31.2 Å². The van der Waals surface area contributed by atoms with Crippen LogP contribution in [-0.4, -0.2) is 34.8 Å². The van der Waals surface area contributed by atoms with Crippen LogP contribution in [-0.2, 0) is 0 Å². The second-order valence-corrected chi connectivity index (χ2v) is 6.09. The summed E-state index contributed by atoms with van der Waals surface area (Å²) in [7, 11) is 0. The van der Waals surface area contributed by atoms with Gasteiger partial charge >= 0.3 is 0 Å². The Morgan fingerprint density at radius 1 is 1.32 bits per heavy atom. The molecule has 2 fully saturated rings. The van der Waals surface area contributed by atoms with Crippen LogP contribution in [0.25, 0.3) is 0 Å². The van der Waals surface area contributed by atoms with Crippen molar-refractivity contribution in [3.05, 3.63) is 16.5 Å². The van der Waals surface area contributed by atoms with E-state index in [0.29, 0.717) is 17.0 Å². The average Bonchev–Trinajstić information content (AvgIpc) is 3.26. The lowest BCUT2D eigenvalue weighted by molar-refractivity contribution is 0.208. The van der Waals surface area contributed by atoms with E-state index in [1.54, 1.807) is 0 Å². The standard InChI is InChI=1S/C14H20ClN3O/c1-9-12(15)16-13(11-4-5-11)17-14(9)18-6-2-3-10(7-18)8-19/h10-11,19H,2-8H2,1H3. The monoisotopic (exact) mass is 281 g/mol. The summed E-state index contributed by atoms with van der Waals surface area (Å²) in [6, 6.07) is 0. The van der Waals surface area contributed by atoms with Gasteiger partial charge in [0.05, 0.1) is 0 Å². The lowest BCUT2D eigenvalue weighted by Gasteiger charge is -2.33. The Labute approximate surface area is 118 Å². The first-order chi connectivity index (χ1) is 9.19. The third-order valence-corrected chi connectivity index (χ3v) is 4.47. The smallest absolute Gasteiger partial charge is 0.137 e. The van der Waals surface area contributed by atoms with Crippen LogP contribution < -0.4 is 4.90 Å². The van der Waals surface area contributed by atoms with Crippen molar-refractivity contribution in [2.75, 3.05) is 24.6 Å². The van der Waals surface area contributed by atoms with Crippen molar-refractivity contribution in [3.8, 4) is 0 Å². The number of aliphatic hydroxyl groups excluding tert-OH is 1. The van der Waals surface area contributed by atoms with Crippen LogP contribution >= 0.6 is 11.6 Å². The van der Waals surface area contributed by atoms with E-state index in [1.165, 1.54) is 12.8 Å². The fourth-order valence-corrected chi connectivity index (χ4v) is 2.90. The molecule has 1 saturated heterocycles. The largest absolute Gasteiger partial charge is 0.396 e. The molecule has 1 atom stereocenters. The van der Waals surface area contributed by atoms with Crippen molar-refractivity contribution in [2.24, 2.45) is 5.92 Å². The zero-order valence-electron chi connectivity index (χ0n) is 11.3. The molecule has 0 radical (unpaired) electrons. The van der Waals surface area contributed by atoms with Crippen molar-refractivity contribution < 1.29 is 5.11 Å². The third-order valence-electron chi connectivity index (χ3n) is 4.10. The highest BCUT2D eigenvalue weighted by atomic mass is 35.5. The highest BCUT2D eigenvalue weighted by molar-refractivity contribution is 6.30. The molecule has 1 N–H and O–H groups in total. The normalized spacial score (nSPS) is 23.7. The molecule has 0 amide bonds. The fourth-order valence-electron chi connectivity index (χ4n) is 2.73. The molecule has 2 heterocycles. The quantitative estimate of drug-likeness (QED) is 0.865. The van der Waals surface area contributed by atoms with Crippen molar-refractivity contribution >= 4 is 17.4 Å². The molecule has 3 rings (SSSR count). The van der Waals surface area contributed by atoms with Gasteiger partial charge in [-0.15, -0.1) is 0 Å². The third kappa shape index (κ3) is 2.70. The molecular formula is C14H20ClN3O. The van der Waals surface area contributed by atoms with Crippen LogP contribution in [0.15, 0.2) is 0 Å². The van der Waals surface area contributed by atoms with Crippen molar-refractivity contribution in [1.29, 1.82) is 0 Å². The van der Waals surface area contributed by atoms with Crippen LogP contribution in [0.2, 0.25) is 5.15 Å². The van der Waals surface area contributed by atoms with E-state index >= 15 is 0 Å². The molecule has 0 spiro atoms. The minimum atomic E-state index is 0.254. The molecule has 1 aromatic rings. The van der Waals surface area contributed by atoms with E-state index in [9.17, 15) is 5.11 Å². The van der Waals surface area contributed by atoms with Crippen molar-refractivity contribution in [3.63, 3.8) is 0 Å². The summed E-state index contributed by atoms with van der Waals surface area (Å²) in [6.45, 7) is 4.10. The summed E-state index contributed by atoms with van der Waals surface area (Å²) in [6.07, 6.45) is 4.56. The molecular weight excluding hydrogens is 262 g/mol. The molecule has 0 aromatic carbocycles. The van der Waals surface area contributed by atoms with E-state index in [2.05, 4.69) is 9.88 Å². The first kappa shape index (κ1) is 13.1. The number of nitrogens with zero attached hydrogens (tertiary/aromatic N) is 3. The summed E-state index contributed by atoms with van der Waals surface area (Å²) < 4.78 is 0. The Balaban J connectivity index is 1.89. The fraction of sp³-hybridized carbons (Fsp3) is 0.714.